The first-order valence-corrected chi connectivity index (χ1v) is 8.34. The Balaban J connectivity index is 2.43. The van der Waals surface area contributed by atoms with Gasteiger partial charge in [0.1, 0.15) is 10.6 Å². The molecular weight excluding hydrogens is 356 g/mol. The number of anilines is 2. The largest absolute Gasteiger partial charge is 0.495 e. The van der Waals surface area contributed by atoms with E-state index in [1.54, 1.807) is 43.3 Å². The Morgan fingerprint density at radius 3 is 2.57 bits per heavy atom. The van der Waals surface area contributed by atoms with E-state index in [0.717, 1.165) is 4.47 Å². The molecule has 0 atom stereocenters. The number of rotatable bonds is 4. The van der Waals surface area contributed by atoms with E-state index in [2.05, 4.69) is 20.7 Å². The van der Waals surface area contributed by atoms with Gasteiger partial charge in [0, 0.05) is 6.07 Å². The van der Waals surface area contributed by atoms with Crippen LogP contribution in [-0.2, 0) is 10.0 Å². The van der Waals surface area contributed by atoms with E-state index in [1.807, 2.05) is 0 Å². The van der Waals surface area contributed by atoms with Gasteiger partial charge in [0.25, 0.3) is 10.0 Å². The lowest BCUT2D eigenvalue weighted by molar-refractivity contribution is 0.412. The van der Waals surface area contributed by atoms with Gasteiger partial charge in [-0.2, -0.15) is 0 Å². The van der Waals surface area contributed by atoms with Crippen molar-refractivity contribution in [3.63, 3.8) is 0 Å². The van der Waals surface area contributed by atoms with E-state index in [1.165, 1.54) is 7.11 Å². The summed E-state index contributed by atoms with van der Waals surface area (Å²) in [5.74, 6) is 0.535. The molecule has 0 fully saturated rings. The van der Waals surface area contributed by atoms with E-state index in [4.69, 9.17) is 10.5 Å². The van der Waals surface area contributed by atoms with Crippen molar-refractivity contribution < 1.29 is 13.2 Å². The molecule has 0 saturated carbocycles. The Labute approximate surface area is 132 Å². The minimum Gasteiger partial charge on any atom is -0.495 e. The second kappa shape index (κ2) is 5.95. The highest BCUT2D eigenvalue weighted by Crippen LogP contribution is 2.30. The summed E-state index contributed by atoms with van der Waals surface area (Å²) in [6, 6.07) is 9.91. The van der Waals surface area contributed by atoms with Crippen molar-refractivity contribution in [2.24, 2.45) is 0 Å². The lowest BCUT2D eigenvalue weighted by atomic mass is 10.2. The summed E-state index contributed by atoms with van der Waals surface area (Å²) in [5, 5.41) is 0. The molecule has 0 radical (unpaired) electrons. The number of nitrogens with one attached hydrogen (secondary N) is 1. The van der Waals surface area contributed by atoms with Crippen molar-refractivity contribution in [1.29, 1.82) is 0 Å². The number of halogens is 1. The zero-order chi connectivity index (χ0) is 15.6. The zero-order valence-electron chi connectivity index (χ0n) is 11.6. The van der Waals surface area contributed by atoms with Crippen molar-refractivity contribution in [3.8, 4) is 5.75 Å². The summed E-state index contributed by atoms with van der Waals surface area (Å²) in [4.78, 5) is 0.0897. The second-order valence-electron chi connectivity index (χ2n) is 4.45. The summed E-state index contributed by atoms with van der Waals surface area (Å²) >= 11 is 3.32. The van der Waals surface area contributed by atoms with Crippen LogP contribution in [-0.4, -0.2) is 15.5 Å². The summed E-state index contributed by atoms with van der Waals surface area (Å²) < 4.78 is 33.4. The van der Waals surface area contributed by atoms with Crippen molar-refractivity contribution in [2.45, 2.75) is 11.8 Å². The summed E-state index contributed by atoms with van der Waals surface area (Å²) in [6.45, 7) is 1.70. The quantitative estimate of drug-likeness (QED) is 0.809. The number of hydrogen-bond donors (Lipinski definition) is 2. The van der Waals surface area contributed by atoms with E-state index in [9.17, 15) is 8.42 Å². The summed E-state index contributed by atoms with van der Waals surface area (Å²) in [7, 11) is -2.25. The van der Waals surface area contributed by atoms with Crippen molar-refractivity contribution in [3.05, 3.63) is 46.4 Å². The lowest BCUT2D eigenvalue weighted by Crippen LogP contribution is -2.16. The zero-order valence-corrected chi connectivity index (χ0v) is 14.0. The molecule has 5 nitrogen and oxygen atoms in total. The number of nitrogen functional groups attached to an aromatic ring is 1. The predicted octanol–water partition coefficient (Wildman–Crippen LogP) is 3.15. The molecule has 0 unspecified atom stereocenters. The van der Waals surface area contributed by atoms with Crippen molar-refractivity contribution in [1.82, 2.24) is 0 Å². The highest BCUT2D eigenvalue weighted by atomic mass is 79.9. The monoisotopic (exact) mass is 370 g/mol. The molecule has 0 aliphatic carbocycles. The predicted molar refractivity (Wildman–Crippen MR) is 87.1 cm³/mol. The van der Waals surface area contributed by atoms with Crippen LogP contribution >= 0.6 is 15.9 Å². The molecule has 112 valence electrons. The van der Waals surface area contributed by atoms with Crippen LogP contribution in [0, 0.1) is 6.92 Å². The van der Waals surface area contributed by atoms with Crippen LogP contribution in [0.4, 0.5) is 11.4 Å². The van der Waals surface area contributed by atoms with E-state index >= 15 is 0 Å². The number of ether oxygens (including phenoxy) is 1. The Morgan fingerprint density at radius 1 is 1.24 bits per heavy atom. The third-order valence-corrected chi connectivity index (χ3v) is 5.17. The molecule has 0 amide bonds. The number of nitrogens with two attached hydrogens (primary N) is 1. The molecule has 2 aromatic carbocycles. The summed E-state index contributed by atoms with van der Waals surface area (Å²) in [6.07, 6.45) is 0. The third-order valence-electron chi connectivity index (χ3n) is 2.91. The van der Waals surface area contributed by atoms with Gasteiger partial charge in [-0.05, 0) is 46.6 Å². The second-order valence-corrected chi connectivity index (χ2v) is 6.92. The Hall–Kier alpha value is -1.73. The number of methoxy groups -OCH3 is 1. The fraction of sp³-hybridized carbons (Fsp3) is 0.143. The van der Waals surface area contributed by atoms with Crippen LogP contribution in [0.2, 0.25) is 0 Å². The van der Waals surface area contributed by atoms with Gasteiger partial charge in [-0.1, -0.05) is 12.1 Å². The lowest BCUT2D eigenvalue weighted by Gasteiger charge is -2.13. The van der Waals surface area contributed by atoms with Crippen LogP contribution in [0.15, 0.2) is 45.8 Å². The van der Waals surface area contributed by atoms with Gasteiger partial charge in [-0.15, -0.1) is 0 Å². The van der Waals surface area contributed by atoms with E-state index < -0.39 is 10.0 Å². The van der Waals surface area contributed by atoms with Gasteiger partial charge in [0.15, 0.2) is 0 Å². The molecule has 0 aliphatic rings. The molecule has 0 aliphatic heterocycles. The van der Waals surface area contributed by atoms with Crippen molar-refractivity contribution in [2.75, 3.05) is 17.6 Å². The first-order chi connectivity index (χ1) is 9.85. The molecule has 21 heavy (non-hydrogen) atoms. The summed E-state index contributed by atoms with van der Waals surface area (Å²) in [5.41, 5.74) is 6.99. The number of aryl methyl sites for hydroxylation is 1. The SMILES string of the molecule is COc1cc(NS(=O)(=O)c2c(C)cccc2N)ccc1Br. The molecule has 0 saturated heterocycles. The first-order valence-electron chi connectivity index (χ1n) is 6.06. The maximum atomic E-state index is 12.5. The molecule has 0 aromatic heterocycles. The molecule has 0 heterocycles. The van der Waals surface area contributed by atoms with Crippen LogP contribution in [0.1, 0.15) is 5.56 Å². The highest BCUT2D eigenvalue weighted by Gasteiger charge is 2.20. The number of hydrogen-bond acceptors (Lipinski definition) is 4. The van der Waals surface area contributed by atoms with Gasteiger partial charge >= 0.3 is 0 Å². The van der Waals surface area contributed by atoms with Crippen LogP contribution in [0.25, 0.3) is 0 Å². The van der Waals surface area contributed by atoms with Gasteiger partial charge in [-0.25, -0.2) is 8.42 Å². The van der Waals surface area contributed by atoms with Crippen LogP contribution in [0.5, 0.6) is 5.75 Å². The fourth-order valence-electron chi connectivity index (χ4n) is 1.97. The maximum Gasteiger partial charge on any atom is 0.264 e. The molecule has 2 rings (SSSR count). The minimum absolute atomic E-state index is 0.0897. The Bertz CT molecular complexity index is 756. The van der Waals surface area contributed by atoms with E-state index in [0.29, 0.717) is 17.0 Å². The molecule has 2 aromatic rings. The van der Waals surface area contributed by atoms with Gasteiger partial charge in [0.2, 0.25) is 0 Å². The average molecular weight is 371 g/mol. The smallest absolute Gasteiger partial charge is 0.264 e. The molecule has 3 N–H and O–H groups in total. The molecule has 0 bridgehead atoms. The van der Waals surface area contributed by atoms with Gasteiger partial charge < -0.3 is 10.5 Å². The van der Waals surface area contributed by atoms with Gasteiger partial charge in [-0.3, -0.25) is 4.72 Å². The fourth-order valence-corrected chi connectivity index (χ4v) is 3.79. The van der Waals surface area contributed by atoms with E-state index in [-0.39, 0.29) is 10.6 Å². The normalized spacial score (nSPS) is 11.2. The number of benzene rings is 2. The average Bonchev–Trinajstić information content (AvgIpc) is 2.40. The standard InChI is InChI=1S/C14H15BrN2O3S/c1-9-4-3-5-12(16)14(9)21(18,19)17-10-6-7-11(15)13(8-10)20-2/h3-8,17H,16H2,1-2H3. The van der Waals surface area contributed by atoms with Crippen LogP contribution < -0.4 is 15.2 Å². The first kappa shape index (κ1) is 15.7. The Kier molecular flexibility index (Phi) is 4.43. The maximum absolute atomic E-state index is 12.5. The topological polar surface area (TPSA) is 81.4 Å². The minimum atomic E-state index is -3.76. The molecule has 0 spiro atoms. The highest BCUT2D eigenvalue weighted by molar-refractivity contribution is 9.10. The van der Waals surface area contributed by atoms with Gasteiger partial charge in [0.05, 0.1) is 23.0 Å². The van der Waals surface area contributed by atoms with Crippen LogP contribution in [0.3, 0.4) is 0 Å². The molecule has 7 heteroatoms. The Morgan fingerprint density at radius 2 is 1.95 bits per heavy atom. The molecular formula is C14H15BrN2O3S. The number of sulfonamides is 1. The third kappa shape index (κ3) is 3.30. The van der Waals surface area contributed by atoms with Crippen molar-refractivity contribution >= 4 is 37.3 Å².